The number of aromatic nitrogens is 2. The summed E-state index contributed by atoms with van der Waals surface area (Å²) >= 11 is 0. The van der Waals surface area contributed by atoms with Gasteiger partial charge in [0, 0.05) is 11.3 Å². The van der Waals surface area contributed by atoms with Crippen LogP contribution < -0.4 is 15.4 Å². The predicted molar refractivity (Wildman–Crippen MR) is 116 cm³/mol. The lowest BCUT2D eigenvalue weighted by Gasteiger charge is -2.12. The Hall–Kier alpha value is -3.61. The van der Waals surface area contributed by atoms with E-state index >= 15 is 0 Å². The Morgan fingerprint density at radius 3 is 2.57 bits per heavy atom. The second-order valence-electron chi connectivity index (χ2n) is 7.56. The van der Waals surface area contributed by atoms with Gasteiger partial charge in [0.25, 0.3) is 5.91 Å². The zero-order chi connectivity index (χ0) is 21.4. The molecule has 0 saturated heterocycles. The first-order chi connectivity index (χ1) is 14.4. The molecule has 0 saturated carbocycles. The van der Waals surface area contributed by atoms with Gasteiger partial charge >= 0.3 is 0 Å². The van der Waals surface area contributed by atoms with Crippen molar-refractivity contribution in [1.29, 1.82) is 0 Å². The van der Waals surface area contributed by atoms with Crippen molar-refractivity contribution in [3.05, 3.63) is 59.3 Å². The van der Waals surface area contributed by atoms with Gasteiger partial charge in [-0.25, -0.2) is 4.68 Å². The van der Waals surface area contributed by atoms with Crippen molar-refractivity contribution in [3.63, 3.8) is 0 Å². The van der Waals surface area contributed by atoms with Gasteiger partial charge in [-0.3, -0.25) is 9.59 Å². The highest BCUT2D eigenvalue weighted by Crippen LogP contribution is 2.38. The summed E-state index contributed by atoms with van der Waals surface area (Å²) in [5, 5.41) is 10.4. The zero-order valence-corrected chi connectivity index (χ0v) is 17.4. The Labute approximate surface area is 175 Å². The molecule has 0 radical (unpaired) electrons. The highest BCUT2D eigenvalue weighted by Gasteiger charge is 2.36. The molecular formula is C23H24N4O3. The van der Waals surface area contributed by atoms with Gasteiger partial charge in [0.05, 0.1) is 19.2 Å². The van der Waals surface area contributed by atoms with E-state index in [1.165, 1.54) is 0 Å². The van der Waals surface area contributed by atoms with Crippen LogP contribution in [0.25, 0.3) is 11.1 Å². The van der Waals surface area contributed by atoms with Crippen LogP contribution in [0.2, 0.25) is 0 Å². The summed E-state index contributed by atoms with van der Waals surface area (Å²) in [5.74, 6) is 0.911. The Bertz CT molecular complexity index is 1130. The van der Waals surface area contributed by atoms with Crippen LogP contribution in [-0.2, 0) is 9.59 Å². The number of ether oxygens (including phenoxy) is 1. The highest BCUT2D eigenvalue weighted by molar-refractivity contribution is 6.04. The third-order valence-electron chi connectivity index (χ3n) is 5.34. The Balaban J connectivity index is 1.57. The van der Waals surface area contributed by atoms with E-state index in [-0.39, 0.29) is 18.2 Å². The number of rotatable bonds is 5. The molecule has 1 unspecified atom stereocenters. The van der Waals surface area contributed by atoms with E-state index in [9.17, 15) is 9.59 Å². The number of hydrogen-bond donors (Lipinski definition) is 2. The average Bonchev–Trinajstić information content (AvgIpc) is 3.18. The Morgan fingerprint density at radius 1 is 1.17 bits per heavy atom. The van der Waals surface area contributed by atoms with Crippen LogP contribution in [0.1, 0.15) is 29.3 Å². The molecule has 2 heterocycles. The second kappa shape index (κ2) is 7.67. The fraction of sp³-hybridized carbons (Fsp3) is 0.261. The zero-order valence-electron chi connectivity index (χ0n) is 17.4. The van der Waals surface area contributed by atoms with Gasteiger partial charge in [0.1, 0.15) is 17.6 Å². The largest absolute Gasteiger partial charge is 0.497 e. The number of nitrogens with zero attached hydrogens (tertiary/aromatic N) is 2. The highest BCUT2D eigenvalue weighted by atomic mass is 16.5. The van der Waals surface area contributed by atoms with Crippen molar-refractivity contribution in [2.24, 2.45) is 0 Å². The number of nitrogens with one attached hydrogen (secondary N) is 2. The average molecular weight is 404 g/mol. The fourth-order valence-electron chi connectivity index (χ4n) is 3.82. The summed E-state index contributed by atoms with van der Waals surface area (Å²) in [6.45, 7) is 5.84. The number of benzene rings is 2. The molecule has 1 aliphatic heterocycles. The van der Waals surface area contributed by atoms with Crippen LogP contribution in [0.15, 0.2) is 42.5 Å². The fourth-order valence-corrected chi connectivity index (χ4v) is 3.82. The van der Waals surface area contributed by atoms with Crippen molar-refractivity contribution in [1.82, 2.24) is 9.78 Å². The third kappa shape index (κ3) is 3.54. The normalized spacial score (nSPS) is 14.9. The number of hydrogen-bond acceptors (Lipinski definition) is 4. The van der Waals surface area contributed by atoms with E-state index < -0.39 is 6.04 Å². The molecule has 1 atom stereocenters. The molecular weight excluding hydrogens is 380 g/mol. The molecule has 0 bridgehead atoms. The van der Waals surface area contributed by atoms with E-state index in [0.29, 0.717) is 5.82 Å². The van der Waals surface area contributed by atoms with Crippen LogP contribution in [0, 0.1) is 20.8 Å². The topological polar surface area (TPSA) is 85.2 Å². The van der Waals surface area contributed by atoms with Gasteiger partial charge in [0.2, 0.25) is 5.91 Å². The van der Waals surface area contributed by atoms with E-state index in [0.717, 1.165) is 39.4 Å². The summed E-state index contributed by atoms with van der Waals surface area (Å²) < 4.78 is 6.84. The lowest BCUT2D eigenvalue weighted by atomic mass is 10.1. The molecule has 7 nitrogen and oxygen atoms in total. The van der Waals surface area contributed by atoms with Crippen molar-refractivity contribution in [3.8, 4) is 16.9 Å². The predicted octanol–water partition coefficient (Wildman–Crippen LogP) is 4.01. The van der Waals surface area contributed by atoms with E-state index in [1.54, 1.807) is 11.8 Å². The molecule has 0 spiro atoms. The number of methoxy groups -OCH3 is 1. The molecule has 1 aliphatic rings. The number of fused-ring (bicyclic) bond motifs is 1. The van der Waals surface area contributed by atoms with E-state index in [2.05, 4.69) is 15.7 Å². The SMILES string of the molecule is COc1ccc(-c2c(C)nn3c2NC(=O)C3CC(=O)Nc2ccc(C)cc2C)cc1. The van der Waals surface area contributed by atoms with Crippen LogP contribution >= 0.6 is 0 Å². The van der Waals surface area contributed by atoms with E-state index in [1.807, 2.05) is 63.2 Å². The maximum absolute atomic E-state index is 12.6. The molecule has 30 heavy (non-hydrogen) atoms. The summed E-state index contributed by atoms with van der Waals surface area (Å²) in [6, 6.07) is 12.7. The molecule has 2 aromatic carbocycles. The second-order valence-corrected chi connectivity index (χ2v) is 7.56. The number of amides is 2. The van der Waals surface area contributed by atoms with Gasteiger partial charge in [0.15, 0.2) is 0 Å². The summed E-state index contributed by atoms with van der Waals surface area (Å²) in [5.41, 5.74) is 5.42. The molecule has 0 fully saturated rings. The molecule has 154 valence electrons. The standard InChI is InChI=1S/C23H24N4O3/c1-13-5-10-18(14(2)11-13)24-20(28)12-19-23(29)25-22-21(15(3)26-27(19)22)16-6-8-17(30-4)9-7-16/h5-11,19H,12H2,1-4H3,(H,24,28)(H,25,29). The minimum atomic E-state index is -0.684. The van der Waals surface area contributed by atoms with Gasteiger partial charge in [-0.15, -0.1) is 0 Å². The number of carbonyl (C=O) groups is 2. The van der Waals surface area contributed by atoms with Crippen LogP contribution in [0.5, 0.6) is 5.75 Å². The van der Waals surface area contributed by atoms with Crippen LogP contribution in [0.4, 0.5) is 11.5 Å². The third-order valence-corrected chi connectivity index (χ3v) is 5.34. The summed E-state index contributed by atoms with van der Waals surface area (Å²) in [7, 11) is 1.62. The van der Waals surface area contributed by atoms with Crippen molar-refractivity contribution < 1.29 is 14.3 Å². The van der Waals surface area contributed by atoms with Crippen LogP contribution in [0.3, 0.4) is 0 Å². The molecule has 7 heteroatoms. The van der Waals surface area contributed by atoms with E-state index in [4.69, 9.17) is 4.74 Å². The molecule has 1 aromatic heterocycles. The summed E-state index contributed by atoms with van der Waals surface area (Å²) in [6.07, 6.45) is 0.00925. The molecule has 3 aromatic rings. The monoisotopic (exact) mass is 404 g/mol. The Kier molecular flexibility index (Phi) is 5.03. The van der Waals surface area contributed by atoms with Gasteiger partial charge in [-0.2, -0.15) is 5.10 Å². The van der Waals surface area contributed by atoms with Gasteiger partial charge < -0.3 is 15.4 Å². The van der Waals surface area contributed by atoms with Gasteiger partial charge in [-0.05, 0) is 50.1 Å². The van der Waals surface area contributed by atoms with Crippen molar-refractivity contribution >= 4 is 23.3 Å². The smallest absolute Gasteiger partial charge is 0.251 e. The maximum Gasteiger partial charge on any atom is 0.251 e. The lowest BCUT2D eigenvalue weighted by Crippen LogP contribution is -2.24. The van der Waals surface area contributed by atoms with Gasteiger partial charge in [-0.1, -0.05) is 29.8 Å². The number of aryl methyl sites for hydroxylation is 3. The Morgan fingerprint density at radius 2 is 1.90 bits per heavy atom. The first-order valence-electron chi connectivity index (χ1n) is 9.79. The first kappa shape index (κ1) is 19.7. The van der Waals surface area contributed by atoms with Crippen molar-refractivity contribution in [2.45, 2.75) is 33.2 Å². The quantitative estimate of drug-likeness (QED) is 0.673. The number of carbonyl (C=O) groups excluding carboxylic acids is 2. The minimum Gasteiger partial charge on any atom is -0.497 e. The molecule has 0 aliphatic carbocycles. The summed E-state index contributed by atoms with van der Waals surface area (Å²) in [4.78, 5) is 25.3. The molecule has 2 amide bonds. The van der Waals surface area contributed by atoms with Crippen LogP contribution in [-0.4, -0.2) is 28.7 Å². The lowest BCUT2D eigenvalue weighted by molar-refractivity contribution is -0.123. The molecule has 2 N–H and O–H groups in total. The van der Waals surface area contributed by atoms with Crippen molar-refractivity contribution in [2.75, 3.05) is 17.7 Å². The molecule has 4 rings (SSSR count). The number of anilines is 2. The maximum atomic E-state index is 12.6. The first-order valence-corrected chi connectivity index (χ1v) is 9.79. The minimum absolute atomic E-state index is 0.00925.